The van der Waals surface area contributed by atoms with Crippen LogP contribution in [0.4, 0.5) is 15.2 Å². The number of anilines is 2. The van der Waals surface area contributed by atoms with E-state index in [2.05, 4.69) is 15.2 Å². The predicted molar refractivity (Wildman–Crippen MR) is 166 cm³/mol. The summed E-state index contributed by atoms with van der Waals surface area (Å²) in [6, 6.07) is 17.9. The number of nitrogens with one attached hydrogen (secondary N) is 1. The highest BCUT2D eigenvalue weighted by atomic mass is 35.5. The Morgan fingerprint density at radius 2 is 1.93 bits per heavy atom. The summed E-state index contributed by atoms with van der Waals surface area (Å²) in [6.07, 6.45) is 1.62. The van der Waals surface area contributed by atoms with Crippen LogP contribution in [0.15, 0.2) is 77.1 Å². The van der Waals surface area contributed by atoms with Gasteiger partial charge in [-0.1, -0.05) is 41.9 Å². The number of rotatable bonds is 12. The normalized spacial score (nSPS) is 15.1. The van der Waals surface area contributed by atoms with E-state index in [4.69, 9.17) is 25.8 Å². The van der Waals surface area contributed by atoms with Gasteiger partial charge in [0.15, 0.2) is 16.1 Å². The molecule has 3 aromatic carbocycles. The first kappa shape index (κ1) is 30.2. The first-order chi connectivity index (χ1) is 20.5. The van der Waals surface area contributed by atoms with Gasteiger partial charge in [-0.05, 0) is 29.8 Å². The standard InChI is InChI=1S/C30H32ClFN4O4S2/c1-38-23-9-8-22(28(16-23)39-2)19-36(30-33-10-15-41-30)42(37)29-17-24(31)26(18-25(29)32)34-27(21-6-4-3-5-7-21)20-35-11-13-40-14-12-35/h3-10,15-18,27,34H,11-14,19-20H2,1-2H3. The van der Waals surface area contributed by atoms with Crippen molar-refractivity contribution in [1.82, 2.24) is 9.88 Å². The molecule has 1 N–H and O–H groups in total. The largest absolute Gasteiger partial charge is 0.497 e. The monoisotopic (exact) mass is 630 g/mol. The van der Waals surface area contributed by atoms with Crippen molar-refractivity contribution in [2.24, 2.45) is 0 Å². The molecular formula is C30H32ClFN4O4S2. The lowest BCUT2D eigenvalue weighted by atomic mass is 10.1. The van der Waals surface area contributed by atoms with Crippen molar-refractivity contribution < 1.29 is 22.8 Å². The van der Waals surface area contributed by atoms with Gasteiger partial charge < -0.3 is 19.5 Å². The molecule has 5 rings (SSSR count). The quantitative estimate of drug-likeness (QED) is 0.201. The van der Waals surface area contributed by atoms with E-state index in [1.54, 1.807) is 37.9 Å². The van der Waals surface area contributed by atoms with Gasteiger partial charge in [-0.15, -0.1) is 11.3 Å². The van der Waals surface area contributed by atoms with Crippen LogP contribution in [0.3, 0.4) is 0 Å². The third kappa shape index (κ3) is 7.22. The summed E-state index contributed by atoms with van der Waals surface area (Å²) in [4.78, 5) is 6.61. The van der Waals surface area contributed by atoms with Crippen LogP contribution in [0.1, 0.15) is 17.2 Å². The molecule has 0 saturated carbocycles. The smallest absolute Gasteiger partial charge is 0.197 e. The van der Waals surface area contributed by atoms with Crippen LogP contribution in [0.25, 0.3) is 0 Å². The SMILES string of the molecule is COc1ccc(CN(c2nccs2)S(=O)c2cc(Cl)c(NC(CN3CCOCC3)c3ccccc3)cc2F)c(OC)c1. The Kier molecular flexibility index (Phi) is 10.3. The molecule has 2 heterocycles. The summed E-state index contributed by atoms with van der Waals surface area (Å²) in [5, 5.41) is 5.95. The molecule has 12 heteroatoms. The minimum absolute atomic E-state index is 0.0438. The molecule has 8 nitrogen and oxygen atoms in total. The first-order valence-electron chi connectivity index (χ1n) is 13.4. The second-order valence-electron chi connectivity index (χ2n) is 9.56. The lowest BCUT2D eigenvalue weighted by molar-refractivity contribution is 0.0361. The van der Waals surface area contributed by atoms with Gasteiger partial charge >= 0.3 is 0 Å². The minimum atomic E-state index is -1.97. The van der Waals surface area contributed by atoms with E-state index in [-0.39, 0.29) is 22.5 Å². The van der Waals surface area contributed by atoms with Crippen molar-refractivity contribution >= 4 is 44.7 Å². The van der Waals surface area contributed by atoms with Crippen LogP contribution in [-0.2, 0) is 22.3 Å². The summed E-state index contributed by atoms with van der Waals surface area (Å²) in [5.41, 5.74) is 2.21. The van der Waals surface area contributed by atoms with E-state index in [1.807, 2.05) is 36.4 Å². The molecule has 0 spiro atoms. The van der Waals surface area contributed by atoms with Crippen LogP contribution in [0, 0.1) is 5.82 Å². The number of aromatic nitrogens is 1. The number of benzene rings is 3. The van der Waals surface area contributed by atoms with Gasteiger partial charge in [0.1, 0.15) is 17.3 Å². The van der Waals surface area contributed by atoms with Crippen molar-refractivity contribution in [3.63, 3.8) is 0 Å². The van der Waals surface area contributed by atoms with E-state index in [0.29, 0.717) is 42.1 Å². The van der Waals surface area contributed by atoms with Crippen LogP contribution in [0.5, 0.6) is 11.5 Å². The van der Waals surface area contributed by atoms with Crippen molar-refractivity contribution in [2.75, 3.05) is 56.7 Å². The zero-order valence-corrected chi connectivity index (χ0v) is 25.7. The topological polar surface area (TPSA) is 76.2 Å². The van der Waals surface area contributed by atoms with Crippen LogP contribution < -0.4 is 19.1 Å². The Morgan fingerprint density at radius 3 is 2.62 bits per heavy atom. The number of nitrogens with zero attached hydrogens (tertiary/aromatic N) is 3. The molecule has 2 atom stereocenters. The number of morpholine rings is 1. The fourth-order valence-corrected chi connectivity index (χ4v) is 7.00. The molecule has 0 radical (unpaired) electrons. The molecule has 42 heavy (non-hydrogen) atoms. The molecule has 222 valence electrons. The third-order valence-electron chi connectivity index (χ3n) is 6.93. The van der Waals surface area contributed by atoms with Gasteiger partial charge in [-0.3, -0.25) is 9.21 Å². The Bertz CT molecular complexity index is 1490. The van der Waals surface area contributed by atoms with Gasteiger partial charge in [0.25, 0.3) is 0 Å². The predicted octanol–water partition coefficient (Wildman–Crippen LogP) is 6.17. The van der Waals surface area contributed by atoms with E-state index in [0.717, 1.165) is 24.2 Å². The Morgan fingerprint density at radius 1 is 1.14 bits per heavy atom. The molecule has 2 unspecified atom stereocenters. The summed E-state index contributed by atoms with van der Waals surface area (Å²) in [5.74, 6) is 0.542. The molecule has 0 aliphatic carbocycles. The fourth-order valence-electron chi connectivity index (χ4n) is 4.71. The van der Waals surface area contributed by atoms with Gasteiger partial charge in [-0.2, -0.15) is 0 Å². The van der Waals surface area contributed by atoms with Crippen molar-refractivity contribution in [1.29, 1.82) is 0 Å². The molecule has 0 bridgehead atoms. The zero-order chi connectivity index (χ0) is 29.5. The molecule has 4 aromatic rings. The zero-order valence-electron chi connectivity index (χ0n) is 23.3. The highest BCUT2D eigenvalue weighted by Crippen LogP contribution is 2.35. The Balaban J connectivity index is 1.42. The summed E-state index contributed by atoms with van der Waals surface area (Å²) in [6.45, 7) is 3.83. The summed E-state index contributed by atoms with van der Waals surface area (Å²) < 4.78 is 47.6. The highest BCUT2D eigenvalue weighted by molar-refractivity contribution is 7.86. The van der Waals surface area contributed by atoms with Crippen molar-refractivity contribution in [3.8, 4) is 11.5 Å². The Labute approximate surface area is 256 Å². The number of halogens is 2. The lowest BCUT2D eigenvalue weighted by Gasteiger charge is -2.32. The first-order valence-corrected chi connectivity index (χ1v) is 15.7. The molecule has 1 aromatic heterocycles. The highest BCUT2D eigenvalue weighted by Gasteiger charge is 2.26. The summed E-state index contributed by atoms with van der Waals surface area (Å²) in [7, 11) is 1.15. The maximum atomic E-state index is 15.8. The number of methoxy groups -OCH3 is 2. The van der Waals surface area contributed by atoms with Crippen LogP contribution >= 0.6 is 22.9 Å². The van der Waals surface area contributed by atoms with Crippen LogP contribution in [-0.4, -0.2) is 61.2 Å². The van der Waals surface area contributed by atoms with Crippen molar-refractivity contribution in [2.45, 2.75) is 17.5 Å². The van der Waals surface area contributed by atoms with Gasteiger partial charge in [0.05, 0.1) is 55.6 Å². The average Bonchev–Trinajstić information content (AvgIpc) is 3.56. The number of hydrogen-bond acceptors (Lipinski definition) is 8. The number of hydrogen-bond donors (Lipinski definition) is 1. The summed E-state index contributed by atoms with van der Waals surface area (Å²) >= 11 is 8.03. The maximum absolute atomic E-state index is 15.8. The van der Waals surface area contributed by atoms with Gasteiger partial charge in [0, 0.05) is 42.8 Å². The second kappa shape index (κ2) is 14.3. The minimum Gasteiger partial charge on any atom is -0.497 e. The molecule has 1 aliphatic heterocycles. The third-order valence-corrected chi connectivity index (χ3v) is 9.54. The fraction of sp³-hybridized carbons (Fsp3) is 0.300. The molecule has 1 saturated heterocycles. The number of thiazole rings is 1. The number of ether oxygens (including phenoxy) is 3. The molecule has 1 fully saturated rings. The molecule has 1 aliphatic rings. The van der Waals surface area contributed by atoms with E-state index < -0.39 is 16.8 Å². The van der Waals surface area contributed by atoms with E-state index in [1.165, 1.54) is 27.8 Å². The second-order valence-corrected chi connectivity index (χ2v) is 12.2. The maximum Gasteiger partial charge on any atom is 0.197 e. The Hall–Kier alpha value is -3.22. The van der Waals surface area contributed by atoms with Gasteiger partial charge in [0.2, 0.25) is 0 Å². The average molecular weight is 631 g/mol. The van der Waals surface area contributed by atoms with Gasteiger partial charge in [-0.25, -0.2) is 13.6 Å². The molecule has 0 amide bonds. The van der Waals surface area contributed by atoms with E-state index >= 15 is 4.39 Å². The van der Waals surface area contributed by atoms with E-state index in [9.17, 15) is 4.21 Å². The van der Waals surface area contributed by atoms with Crippen LogP contribution in [0.2, 0.25) is 5.02 Å². The van der Waals surface area contributed by atoms with Crippen molar-refractivity contribution in [3.05, 3.63) is 94.2 Å². The lowest BCUT2D eigenvalue weighted by Crippen LogP contribution is -2.40. The molecular weight excluding hydrogens is 599 g/mol.